The number of amides is 1. The fourth-order valence-electron chi connectivity index (χ4n) is 3.41. The van der Waals surface area contributed by atoms with Crippen LogP contribution in [0.5, 0.6) is 0 Å². The molecule has 0 N–H and O–H groups in total. The maximum Gasteiger partial charge on any atom is 0.375 e. The van der Waals surface area contributed by atoms with Crippen molar-refractivity contribution in [2.24, 2.45) is 0 Å². The summed E-state index contributed by atoms with van der Waals surface area (Å²) in [4.78, 5) is 38.9. The van der Waals surface area contributed by atoms with Gasteiger partial charge in [-0.1, -0.05) is 36.4 Å². The normalized spacial score (nSPS) is 14.4. The number of esters is 1. The Labute approximate surface area is 161 Å². The molecule has 0 aliphatic carbocycles. The molecule has 4 rings (SSSR count). The van der Waals surface area contributed by atoms with Crippen molar-refractivity contribution in [3.63, 3.8) is 0 Å². The van der Waals surface area contributed by atoms with Gasteiger partial charge in [0.05, 0.1) is 5.39 Å². The quantitative estimate of drug-likeness (QED) is 0.656. The Morgan fingerprint density at radius 3 is 2.61 bits per heavy atom. The minimum Gasteiger partial charge on any atom is -0.449 e. The summed E-state index contributed by atoms with van der Waals surface area (Å²) in [5.74, 6) is -1.32. The van der Waals surface area contributed by atoms with E-state index in [0.717, 1.165) is 18.1 Å². The van der Waals surface area contributed by atoms with E-state index in [-0.39, 0.29) is 17.1 Å². The summed E-state index contributed by atoms with van der Waals surface area (Å²) < 4.78 is 10.8. The Morgan fingerprint density at radius 2 is 1.79 bits per heavy atom. The van der Waals surface area contributed by atoms with Gasteiger partial charge in [-0.25, -0.2) is 4.79 Å². The second-order valence-electron chi connectivity index (χ2n) is 6.80. The van der Waals surface area contributed by atoms with Crippen molar-refractivity contribution in [3.05, 3.63) is 81.7 Å². The molecule has 0 fully saturated rings. The third-order valence-corrected chi connectivity index (χ3v) is 4.91. The van der Waals surface area contributed by atoms with Crippen molar-refractivity contribution in [3.8, 4) is 0 Å². The second-order valence-corrected chi connectivity index (χ2v) is 6.80. The lowest BCUT2D eigenvalue weighted by Crippen LogP contribution is -2.42. The number of rotatable bonds is 3. The van der Waals surface area contributed by atoms with Crippen LogP contribution in [0.25, 0.3) is 11.0 Å². The Balaban J connectivity index is 1.47. The summed E-state index contributed by atoms with van der Waals surface area (Å²) in [6.45, 7) is 2.59. The van der Waals surface area contributed by atoms with Crippen molar-refractivity contribution in [1.82, 2.24) is 4.90 Å². The van der Waals surface area contributed by atoms with Crippen molar-refractivity contribution in [1.29, 1.82) is 0 Å². The standard InChI is InChI=1S/C22H19NO5/c1-14(21(25)23-11-10-15-6-2-3-7-16(15)13-23)27-22(26)20-12-18(24)17-8-4-5-9-19(17)28-20/h2-9,12,14H,10-11,13H2,1H3/t14-/m1/s1. The summed E-state index contributed by atoms with van der Waals surface area (Å²) in [5.41, 5.74) is 2.30. The SMILES string of the molecule is C[C@@H](OC(=O)c1cc(=O)c2ccccc2o1)C(=O)N1CCc2ccccc2C1. The van der Waals surface area contributed by atoms with Crippen LogP contribution in [0.1, 0.15) is 28.6 Å². The average Bonchev–Trinajstić information content (AvgIpc) is 2.72. The van der Waals surface area contributed by atoms with Gasteiger partial charge in [0.25, 0.3) is 5.91 Å². The first-order valence-electron chi connectivity index (χ1n) is 9.12. The highest BCUT2D eigenvalue weighted by molar-refractivity contribution is 5.91. The van der Waals surface area contributed by atoms with Crippen LogP contribution < -0.4 is 5.43 Å². The molecule has 0 radical (unpaired) electrons. The summed E-state index contributed by atoms with van der Waals surface area (Å²) >= 11 is 0. The number of nitrogens with zero attached hydrogens (tertiary/aromatic N) is 1. The van der Waals surface area contributed by atoms with Crippen molar-refractivity contribution < 1.29 is 18.7 Å². The van der Waals surface area contributed by atoms with Crippen LogP contribution >= 0.6 is 0 Å². The van der Waals surface area contributed by atoms with Gasteiger partial charge < -0.3 is 14.1 Å². The number of hydrogen-bond acceptors (Lipinski definition) is 5. The Kier molecular flexibility index (Phi) is 4.69. The number of fused-ring (bicyclic) bond motifs is 2. The fraction of sp³-hybridized carbons (Fsp3) is 0.227. The molecule has 142 valence electrons. The van der Waals surface area contributed by atoms with Gasteiger partial charge >= 0.3 is 5.97 Å². The van der Waals surface area contributed by atoms with Gasteiger partial charge in [0.15, 0.2) is 11.5 Å². The van der Waals surface area contributed by atoms with Gasteiger partial charge in [0.2, 0.25) is 5.76 Å². The molecule has 3 aromatic rings. The van der Waals surface area contributed by atoms with E-state index in [9.17, 15) is 14.4 Å². The first-order valence-corrected chi connectivity index (χ1v) is 9.12. The molecule has 28 heavy (non-hydrogen) atoms. The van der Waals surface area contributed by atoms with E-state index in [1.54, 1.807) is 29.2 Å². The number of carbonyl (C=O) groups is 2. The zero-order valence-corrected chi connectivity index (χ0v) is 15.4. The highest BCUT2D eigenvalue weighted by Crippen LogP contribution is 2.20. The minimum absolute atomic E-state index is 0.215. The molecule has 1 aromatic heterocycles. The van der Waals surface area contributed by atoms with E-state index >= 15 is 0 Å². The molecule has 2 heterocycles. The number of hydrogen-bond donors (Lipinski definition) is 0. The molecule has 6 heteroatoms. The van der Waals surface area contributed by atoms with Crippen LogP contribution in [0, 0.1) is 0 Å². The van der Waals surface area contributed by atoms with Crippen LogP contribution in [0.2, 0.25) is 0 Å². The predicted molar refractivity (Wildman–Crippen MR) is 103 cm³/mol. The molecule has 1 aliphatic heterocycles. The predicted octanol–water partition coefficient (Wildman–Crippen LogP) is 2.92. The zero-order chi connectivity index (χ0) is 19.7. The van der Waals surface area contributed by atoms with E-state index in [1.807, 2.05) is 18.2 Å². The lowest BCUT2D eigenvalue weighted by Gasteiger charge is -2.30. The van der Waals surface area contributed by atoms with Crippen molar-refractivity contribution >= 4 is 22.8 Å². The zero-order valence-electron chi connectivity index (χ0n) is 15.4. The lowest BCUT2D eigenvalue weighted by molar-refractivity contribution is -0.140. The van der Waals surface area contributed by atoms with Crippen LogP contribution in [0.3, 0.4) is 0 Å². The Bertz CT molecular complexity index is 1120. The fourth-order valence-corrected chi connectivity index (χ4v) is 3.41. The van der Waals surface area contributed by atoms with Crippen LogP contribution in [-0.2, 0) is 22.5 Å². The number of para-hydroxylation sites is 1. The van der Waals surface area contributed by atoms with Crippen LogP contribution in [0.4, 0.5) is 0 Å². The third kappa shape index (κ3) is 3.41. The van der Waals surface area contributed by atoms with Crippen LogP contribution in [0.15, 0.2) is 63.8 Å². The molecule has 0 spiro atoms. The third-order valence-electron chi connectivity index (χ3n) is 4.91. The largest absolute Gasteiger partial charge is 0.449 e. The first kappa shape index (κ1) is 18.0. The molecular formula is C22H19NO5. The van der Waals surface area contributed by atoms with E-state index in [1.165, 1.54) is 12.5 Å². The molecule has 1 atom stereocenters. The Morgan fingerprint density at radius 1 is 1.07 bits per heavy atom. The summed E-state index contributed by atoms with van der Waals surface area (Å²) in [7, 11) is 0. The molecule has 1 amide bonds. The molecule has 1 aliphatic rings. The highest BCUT2D eigenvalue weighted by Gasteiger charge is 2.28. The van der Waals surface area contributed by atoms with E-state index < -0.39 is 12.1 Å². The Hall–Kier alpha value is -3.41. The van der Waals surface area contributed by atoms with Crippen molar-refractivity contribution in [2.75, 3.05) is 6.54 Å². The maximum absolute atomic E-state index is 12.7. The molecule has 2 aromatic carbocycles. The smallest absolute Gasteiger partial charge is 0.375 e. The van der Waals surface area contributed by atoms with Gasteiger partial charge in [-0.05, 0) is 36.6 Å². The van der Waals surface area contributed by atoms with E-state index in [4.69, 9.17) is 9.15 Å². The van der Waals surface area contributed by atoms with Gasteiger partial charge in [-0.3, -0.25) is 9.59 Å². The molecule has 0 bridgehead atoms. The topological polar surface area (TPSA) is 76.8 Å². The molecule has 0 saturated heterocycles. The summed E-state index contributed by atoms with van der Waals surface area (Å²) in [5, 5.41) is 0.384. The molecular weight excluding hydrogens is 358 g/mol. The summed E-state index contributed by atoms with van der Waals surface area (Å²) in [6, 6.07) is 15.7. The highest BCUT2D eigenvalue weighted by atomic mass is 16.6. The van der Waals surface area contributed by atoms with Crippen LogP contribution in [-0.4, -0.2) is 29.4 Å². The van der Waals surface area contributed by atoms with Gasteiger partial charge in [0.1, 0.15) is 5.58 Å². The molecule has 0 unspecified atom stereocenters. The minimum atomic E-state index is -0.977. The van der Waals surface area contributed by atoms with Gasteiger partial charge in [-0.2, -0.15) is 0 Å². The first-order chi connectivity index (χ1) is 13.5. The molecule has 0 saturated carbocycles. The number of benzene rings is 2. The second kappa shape index (κ2) is 7.31. The maximum atomic E-state index is 12.7. The lowest BCUT2D eigenvalue weighted by atomic mass is 9.99. The van der Waals surface area contributed by atoms with Gasteiger partial charge in [-0.15, -0.1) is 0 Å². The number of ether oxygens (including phenoxy) is 1. The van der Waals surface area contributed by atoms with E-state index in [0.29, 0.717) is 24.1 Å². The average molecular weight is 377 g/mol. The van der Waals surface area contributed by atoms with Crippen molar-refractivity contribution in [2.45, 2.75) is 26.0 Å². The number of carbonyl (C=O) groups excluding carboxylic acids is 2. The molecule has 6 nitrogen and oxygen atoms in total. The van der Waals surface area contributed by atoms with E-state index in [2.05, 4.69) is 6.07 Å². The summed E-state index contributed by atoms with van der Waals surface area (Å²) in [6.07, 6.45) is -0.211. The monoisotopic (exact) mass is 377 g/mol. The van der Waals surface area contributed by atoms with Gasteiger partial charge in [0, 0.05) is 19.2 Å².